The van der Waals surface area contributed by atoms with Crippen molar-refractivity contribution in [2.75, 3.05) is 0 Å². The number of halogens is 2. The molecule has 6 aromatic rings. The molecule has 0 amide bonds. The predicted molar refractivity (Wildman–Crippen MR) is 198 cm³/mol. The van der Waals surface area contributed by atoms with Gasteiger partial charge in [0, 0.05) is 0 Å². The van der Waals surface area contributed by atoms with Crippen molar-refractivity contribution in [3.05, 3.63) is 154 Å². The molecule has 0 nitrogen and oxygen atoms in total. The fraction of sp³-hybridized carbons (Fsp3) is 0.318. The zero-order valence-corrected chi connectivity index (χ0v) is 33.9. The standard InChI is InChI=1S/2C21H21.C2H6Si.2ClH.Zr/c2*1-2-15-13-17-9-6-12-20(21(17)14-15)19-11-5-8-16-7-3-4-10-18(16)19;1-3-2;;;/h2*3-5,7-8,10-11,13-14,20H,2,6,9,12H2,1H3;1-2H3;2*1H;/q2*-1;;;;+2/p-2. The molecule has 0 saturated carbocycles. The molecule has 2 aliphatic carbocycles. The molecule has 0 saturated heterocycles. The van der Waals surface area contributed by atoms with E-state index in [1.54, 1.807) is 45.6 Å². The van der Waals surface area contributed by atoms with Gasteiger partial charge in [-0.2, -0.15) is 45.5 Å². The summed E-state index contributed by atoms with van der Waals surface area (Å²) in [6.07, 6.45) is 10.0. The second-order valence-corrected chi connectivity index (χ2v) is 22.8. The van der Waals surface area contributed by atoms with Crippen LogP contribution in [0.2, 0.25) is 13.1 Å². The van der Waals surface area contributed by atoms with Crippen LogP contribution in [-0.2, 0) is 49.0 Å². The van der Waals surface area contributed by atoms with E-state index in [0.29, 0.717) is 11.8 Å². The van der Waals surface area contributed by atoms with Gasteiger partial charge in [-0.15, -0.1) is 0 Å². The van der Waals surface area contributed by atoms with E-state index in [1.807, 2.05) is 0 Å². The van der Waals surface area contributed by atoms with E-state index < -0.39 is 0 Å². The maximum Gasteiger partial charge on any atom is -1.00 e. The minimum Gasteiger partial charge on any atom is -1.00 e. The number of hydrogen-bond acceptors (Lipinski definition) is 0. The monoisotopic (exact) mass is 764 g/mol. The van der Waals surface area contributed by atoms with Crippen molar-refractivity contribution < 1.29 is 48.1 Å². The second-order valence-electron chi connectivity index (χ2n) is 13.4. The van der Waals surface area contributed by atoms with E-state index in [1.165, 1.54) is 82.3 Å². The summed E-state index contributed by atoms with van der Waals surface area (Å²) >= 11 is 1.74. The average Bonchev–Trinajstić information content (AvgIpc) is 3.72. The Morgan fingerprint density at radius 2 is 0.958 bits per heavy atom. The van der Waals surface area contributed by atoms with Crippen LogP contribution in [0, 0.1) is 0 Å². The van der Waals surface area contributed by atoms with E-state index in [2.05, 4.69) is 136 Å². The van der Waals surface area contributed by atoms with Crippen molar-refractivity contribution in [1.82, 2.24) is 0 Å². The third-order valence-electron chi connectivity index (χ3n) is 9.99. The Labute approximate surface area is 316 Å². The first kappa shape index (κ1) is 38.6. The van der Waals surface area contributed by atoms with Gasteiger partial charge in [0.2, 0.25) is 0 Å². The topological polar surface area (TPSA) is 0 Å². The van der Waals surface area contributed by atoms with E-state index >= 15 is 0 Å². The van der Waals surface area contributed by atoms with Crippen LogP contribution in [-0.4, -0.2) is 5.43 Å². The fourth-order valence-corrected chi connectivity index (χ4v) is 7.83. The molecule has 0 N–H and O–H groups in total. The number of fused-ring (bicyclic) bond motifs is 4. The molecule has 2 atom stereocenters. The van der Waals surface area contributed by atoms with Crippen molar-refractivity contribution in [3.8, 4) is 0 Å². The summed E-state index contributed by atoms with van der Waals surface area (Å²) in [6, 6.07) is 41.0. The van der Waals surface area contributed by atoms with Gasteiger partial charge in [0.05, 0.1) is 0 Å². The van der Waals surface area contributed by atoms with Crippen LogP contribution in [0.15, 0.2) is 109 Å². The van der Waals surface area contributed by atoms with Gasteiger partial charge in [-0.25, -0.2) is 12.1 Å². The molecule has 8 rings (SSSR count). The maximum absolute atomic E-state index is 2.46. The summed E-state index contributed by atoms with van der Waals surface area (Å²) in [7, 11) is 0. The summed E-state index contributed by atoms with van der Waals surface area (Å²) in [5.41, 5.74) is 12.6. The second kappa shape index (κ2) is 18.1. The summed E-state index contributed by atoms with van der Waals surface area (Å²) in [5, 5.41) is 5.59. The van der Waals surface area contributed by atoms with Crippen LogP contribution in [0.25, 0.3) is 21.5 Å². The van der Waals surface area contributed by atoms with Gasteiger partial charge in [0.25, 0.3) is 0 Å². The van der Waals surface area contributed by atoms with Gasteiger partial charge in [0.15, 0.2) is 0 Å². The summed E-state index contributed by atoms with van der Waals surface area (Å²) in [4.78, 5) is 0. The molecule has 48 heavy (non-hydrogen) atoms. The molecule has 0 bridgehead atoms. The first-order chi connectivity index (χ1) is 22.5. The third kappa shape index (κ3) is 8.73. The SMILES string of the molecule is CCc1cc2c([cH-]1)CCCC2c1cccc2ccccc12.CCc1cc2c([cH-]1)CCCC2c1cccc2ccccc12.C[Si](C)=[Zr+2].[Cl-].[Cl-]. The Morgan fingerprint density at radius 1 is 0.583 bits per heavy atom. The van der Waals surface area contributed by atoms with Crippen LogP contribution < -0.4 is 24.8 Å². The smallest absolute Gasteiger partial charge is 1.00 e. The van der Waals surface area contributed by atoms with Crippen LogP contribution in [0.1, 0.15) is 95.9 Å². The molecular weight excluding hydrogens is 719 g/mol. The van der Waals surface area contributed by atoms with Crippen molar-refractivity contribution in [2.45, 2.75) is 90.1 Å². The number of aryl methyl sites for hydroxylation is 4. The Morgan fingerprint density at radius 3 is 1.35 bits per heavy atom. The number of hydrogen-bond donors (Lipinski definition) is 0. The fourth-order valence-electron chi connectivity index (χ4n) is 7.83. The van der Waals surface area contributed by atoms with E-state index in [-0.39, 0.29) is 30.2 Å². The molecular formula is C44H48Cl2SiZr-2. The van der Waals surface area contributed by atoms with Gasteiger partial charge >= 0.3 is 41.9 Å². The van der Waals surface area contributed by atoms with Gasteiger partial charge in [-0.3, -0.25) is 0 Å². The van der Waals surface area contributed by atoms with E-state index in [0.717, 1.165) is 12.8 Å². The molecule has 6 aromatic carbocycles. The molecule has 0 heterocycles. The number of rotatable bonds is 4. The first-order valence-corrected chi connectivity index (χ1v) is 23.7. The molecule has 2 aliphatic rings. The summed E-state index contributed by atoms with van der Waals surface area (Å²) in [5.74, 6) is 1.17. The van der Waals surface area contributed by atoms with Gasteiger partial charge in [-0.1, -0.05) is 150 Å². The molecule has 0 aromatic heterocycles. The van der Waals surface area contributed by atoms with E-state index in [4.69, 9.17) is 0 Å². The minimum atomic E-state index is 0. The Hall–Kier alpha value is -2.22. The van der Waals surface area contributed by atoms with Gasteiger partial charge < -0.3 is 24.8 Å². The molecule has 248 valence electrons. The van der Waals surface area contributed by atoms with Crippen molar-refractivity contribution in [3.63, 3.8) is 0 Å². The maximum atomic E-state index is 2.46. The summed E-state index contributed by atoms with van der Waals surface area (Å²) in [6.45, 7) is 9.13. The zero-order valence-electron chi connectivity index (χ0n) is 29.0. The molecule has 0 aliphatic heterocycles. The molecule has 2 unspecified atom stereocenters. The number of benzene rings is 4. The van der Waals surface area contributed by atoms with Crippen LogP contribution in [0.5, 0.6) is 0 Å². The zero-order chi connectivity index (χ0) is 32.0. The van der Waals surface area contributed by atoms with Crippen molar-refractivity contribution >= 4 is 27.0 Å². The third-order valence-corrected chi connectivity index (χ3v) is 9.99. The van der Waals surface area contributed by atoms with Gasteiger partial charge in [-0.05, 0) is 44.5 Å². The van der Waals surface area contributed by atoms with Crippen LogP contribution >= 0.6 is 0 Å². The minimum absolute atomic E-state index is 0. The first-order valence-electron chi connectivity index (χ1n) is 17.5. The molecule has 0 fully saturated rings. The average molecular weight is 767 g/mol. The van der Waals surface area contributed by atoms with Gasteiger partial charge in [0.1, 0.15) is 0 Å². The normalized spacial score (nSPS) is 16.2. The molecule has 0 spiro atoms. The van der Waals surface area contributed by atoms with Crippen LogP contribution in [0.4, 0.5) is 0 Å². The van der Waals surface area contributed by atoms with Crippen LogP contribution in [0.3, 0.4) is 0 Å². The quantitative estimate of drug-likeness (QED) is 0.153. The Bertz CT molecular complexity index is 1800. The Kier molecular flexibility index (Phi) is 14.6. The largest absolute Gasteiger partial charge is 1.00 e. The summed E-state index contributed by atoms with van der Waals surface area (Å²) < 4.78 is 0. The Balaban J connectivity index is 0.000000188. The molecule has 4 heteroatoms. The predicted octanol–water partition coefficient (Wildman–Crippen LogP) is 5.97. The molecule has 0 radical (unpaired) electrons. The van der Waals surface area contributed by atoms with Crippen molar-refractivity contribution in [2.24, 2.45) is 0 Å². The van der Waals surface area contributed by atoms with Crippen molar-refractivity contribution in [1.29, 1.82) is 0 Å². The van der Waals surface area contributed by atoms with E-state index in [9.17, 15) is 0 Å².